The number of nitrogens with zero attached hydrogens (tertiary/aromatic N) is 4. The van der Waals surface area contributed by atoms with Gasteiger partial charge < -0.3 is 25.0 Å². The zero-order valence-electron chi connectivity index (χ0n) is 22.9. The van der Waals surface area contributed by atoms with Gasteiger partial charge in [0.05, 0.1) is 16.7 Å². The Kier molecular flexibility index (Phi) is 8.39. The predicted octanol–water partition coefficient (Wildman–Crippen LogP) is 5.07. The zero-order chi connectivity index (χ0) is 28.2. The van der Waals surface area contributed by atoms with Crippen LogP contribution in [0.25, 0.3) is 0 Å². The Morgan fingerprint density at radius 2 is 1.93 bits per heavy atom. The minimum atomic E-state index is -0.594. The van der Waals surface area contributed by atoms with Crippen molar-refractivity contribution in [2.24, 2.45) is 0 Å². The average Bonchev–Trinajstić information content (AvgIpc) is 3.40. The second-order valence-corrected chi connectivity index (χ2v) is 10.8. The quantitative estimate of drug-likeness (QED) is 0.367. The van der Waals surface area contributed by atoms with Gasteiger partial charge >= 0.3 is 0 Å². The molecule has 1 unspecified atom stereocenters. The summed E-state index contributed by atoms with van der Waals surface area (Å²) in [5.41, 5.74) is 3.64. The number of nitrogens with one attached hydrogen (secondary N) is 2. The number of aromatic nitrogens is 3. The molecule has 10 nitrogen and oxygen atoms in total. The number of carbonyl (C=O) groups excluding carboxylic acids is 2. The molecule has 2 aliphatic heterocycles. The van der Waals surface area contributed by atoms with E-state index >= 15 is 0 Å². The van der Waals surface area contributed by atoms with Gasteiger partial charge in [-0.1, -0.05) is 12.1 Å². The summed E-state index contributed by atoms with van der Waals surface area (Å²) in [7, 11) is 0. The second kappa shape index (κ2) is 12.1. The number of fused-ring (bicyclic) bond motifs is 1. The minimum absolute atomic E-state index is 0.0441. The van der Waals surface area contributed by atoms with Crippen molar-refractivity contribution in [3.05, 3.63) is 69.6 Å². The van der Waals surface area contributed by atoms with Crippen molar-refractivity contribution in [3.8, 4) is 11.5 Å². The molecule has 0 spiro atoms. The number of carbonyl (C=O) groups is 2. The van der Waals surface area contributed by atoms with Crippen LogP contribution in [0.15, 0.2) is 58.5 Å². The van der Waals surface area contributed by atoms with Crippen molar-refractivity contribution < 1.29 is 19.1 Å². The molecule has 0 radical (unpaired) electrons. The summed E-state index contributed by atoms with van der Waals surface area (Å²) in [6.45, 7) is 7.53. The summed E-state index contributed by atoms with van der Waals surface area (Å²) in [6, 6.07) is 10.8. The highest BCUT2D eigenvalue weighted by molar-refractivity contribution is 9.10. The summed E-state index contributed by atoms with van der Waals surface area (Å²) >= 11 is 3.64. The number of piperidine rings is 1. The summed E-state index contributed by atoms with van der Waals surface area (Å²) in [4.78, 5) is 32.7. The molecule has 40 heavy (non-hydrogen) atoms. The smallest absolute Gasteiger partial charge is 0.260 e. The Labute approximate surface area is 241 Å². The number of benzene rings is 2. The van der Waals surface area contributed by atoms with E-state index in [9.17, 15) is 9.59 Å². The molecule has 1 saturated heterocycles. The topological polar surface area (TPSA) is 111 Å². The SMILES string of the molecule is CCOc1cc(C2C(C(=O)Nc3cccc(C)c3)=C(C)Nc3ncnn32)cc(Br)c1OCC(=O)N1CCCCC1. The Bertz CT molecular complexity index is 1450. The molecule has 11 heteroatoms. The van der Waals surface area contributed by atoms with Crippen LogP contribution >= 0.6 is 15.9 Å². The minimum Gasteiger partial charge on any atom is -0.490 e. The molecule has 2 aliphatic rings. The molecular weight excluding hydrogens is 576 g/mol. The van der Waals surface area contributed by atoms with Crippen LogP contribution < -0.4 is 20.1 Å². The molecular formula is C29H33BrN6O4. The van der Waals surface area contributed by atoms with Gasteiger partial charge in [-0.3, -0.25) is 9.59 Å². The first-order chi connectivity index (χ1) is 19.4. The van der Waals surface area contributed by atoms with Gasteiger partial charge in [0.15, 0.2) is 18.1 Å². The molecule has 0 saturated carbocycles. The number of likely N-dealkylation sites (tertiary alicyclic amines) is 1. The first-order valence-electron chi connectivity index (χ1n) is 13.5. The number of anilines is 2. The fourth-order valence-electron chi connectivity index (χ4n) is 5.13. The molecule has 3 aromatic rings. The Balaban J connectivity index is 1.48. The lowest BCUT2D eigenvalue weighted by atomic mass is 9.94. The van der Waals surface area contributed by atoms with Crippen LogP contribution in [0, 0.1) is 6.92 Å². The van der Waals surface area contributed by atoms with Gasteiger partial charge in [-0.05, 0) is 91.4 Å². The molecule has 1 atom stereocenters. The lowest BCUT2D eigenvalue weighted by molar-refractivity contribution is -0.134. The van der Waals surface area contributed by atoms with Crippen LogP contribution in [-0.2, 0) is 9.59 Å². The number of hydrogen-bond donors (Lipinski definition) is 2. The number of hydrogen-bond acceptors (Lipinski definition) is 7. The predicted molar refractivity (Wildman–Crippen MR) is 156 cm³/mol. The second-order valence-electron chi connectivity index (χ2n) is 9.91. The highest BCUT2D eigenvalue weighted by Gasteiger charge is 2.34. The van der Waals surface area contributed by atoms with Crippen molar-refractivity contribution >= 4 is 39.4 Å². The summed E-state index contributed by atoms with van der Waals surface area (Å²) < 4.78 is 14.3. The molecule has 210 valence electrons. The third kappa shape index (κ3) is 5.84. The van der Waals surface area contributed by atoms with Gasteiger partial charge in [-0.2, -0.15) is 10.1 Å². The normalized spacial score (nSPS) is 16.7. The van der Waals surface area contributed by atoms with Gasteiger partial charge in [0.25, 0.3) is 11.8 Å². The lowest BCUT2D eigenvalue weighted by Gasteiger charge is -2.29. The van der Waals surface area contributed by atoms with E-state index < -0.39 is 6.04 Å². The van der Waals surface area contributed by atoms with Crippen LogP contribution in [0.5, 0.6) is 11.5 Å². The van der Waals surface area contributed by atoms with Crippen LogP contribution in [-0.4, -0.2) is 57.8 Å². The molecule has 0 bridgehead atoms. The van der Waals surface area contributed by atoms with Crippen molar-refractivity contribution in [2.45, 2.75) is 46.1 Å². The Hall–Kier alpha value is -3.86. The van der Waals surface area contributed by atoms with Crippen LogP contribution in [0.1, 0.15) is 50.3 Å². The molecule has 3 heterocycles. The van der Waals surface area contributed by atoms with Crippen LogP contribution in [0.3, 0.4) is 0 Å². The third-order valence-electron chi connectivity index (χ3n) is 7.01. The molecule has 0 aliphatic carbocycles. The van der Waals surface area contributed by atoms with Crippen molar-refractivity contribution in [1.82, 2.24) is 19.7 Å². The van der Waals surface area contributed by atoms with Gasteiger partial charge in [0.1, 0.15) is 12.4 Å². The van der Waals surface area contributed by atoms with Crippen molar-refractivity contribution in [3.63, 3.8) is 0 Å². The fourth-order valence-corrected chi connectivity index (χ4v) is 5.71. The molecule has 1 fully saturated rings. The van der Waals surface area contributed by atoms with E-state index in [2.05, 4.69) is 36.6 Å². The van der Waals surface area contributed by atoms with Gasteiger partial charge in [-0.15, -0.1) is 0 Å². The maximum absolute atomic E-state index is 13.7. The number of amides is 2. The highest BCUT2D eigenvalue weighted by atomic mass is 79.9. The third-order valence-corrected chi connectivity index (χ3v) is 7.60. The van der Waals surface area contributed by atoms with Crippen molar-refractivity contribution in [2.75, 3.05) is 36.9 Å². The molecule has 5 rings (SSSR count). The summed E-state index contributed by atoms with van der Waals surface area (Å²) in [5, 5.41) is 10.7. The molecule has 2 aromatic carbocycles. The van der Waals surface area contributed by atoms with Crippen LogP contribution in [0.2, 0.25) is 0 Å². The Morgan fingerprint density at radius 3 is 2.67 bits per heavy atom. The van der Waals surface area contributed by atoms with E-state index in [4.69, 9.17) is 9.47 Å². The first-order valence-corrected chi connectivity index (χ1v) is 14.3. The Morgan fingerprint density at radius 1 is 1.12 bits per heavy atom. The standard InChI is InChI=1S/C29H33BrN6O4/c1-4-39-23-15-20(14-22(30)27(23)40-16-24(37)35-11-6-5-7-12-35)26-25(19(3)33-29-31-17-32-36(26)29)28(38)34-21-10-8-9-18(2)13-21/h8-10,13-15,17,26H,4-7,11-12,16H2,1-3H3,(H,34,38)(H,31,32,33). The fraction of sp³-hybridized carbons (Fsp3) is 0.379. The average molecular weight is 610 g/mol. The number of rotatable bonds is 8. The largest absolute Gasteiger partial charge is 0.490 e. The van der Waals surface area contributed by atoms with E-state index in [-0.39, 0.29) is 18.4 Å². The lowest BCUT2D eigenvalue weighted by Crippen LogP contribution is -2.38. The van der Waals surface area contributed by atoms with Gasteiger partial charge in [-0.25, -0.2) is 4.68 Å². The monoisotopic (exact) mass is 608 g/mol. The zero-order valence-corrected chi connectivity index (χ0v) is 24.5. The van der Waals surface area contributed by atoms with Crippen molar-refractivity contribution in [1.29, 1.82) is 0 Å². The van der Waals surface area contributed by atoms with E-state index in [1.165, 1.54) is 6.33 Å². The van der Waals surface area contributed by atoms with E-state index in [0.29, 0.717) is 45.5 Å². The molecule has 1 aromatic heterocycles. The number of allylic oxidation sites excluding steroid dienone is 1. The molecule has 2 N–H and O–H groups in total. The van der Waals surface area contributed by atoms with Crippen LogP contribution in [0.4, 0.5) is 11.6 Å². The summed E-state index contributed by atoms with van der Waals surface area (Å²) in [6.07, 6.45) is 4.63. The number of aryl methyl sites for hydroxylation is 1. The number of ether oxygens (including phenoxy) is 2. The van der Waals surface area contributed by atoms with E-state index in [0.717, 1.165) is 43.5 Å². The maximum atomic E-state index is 13.7. The molecule has 2 amide bonds. The highest BCUT2D eigenvalue weighted by Crippen LogP contribution is 2.43. The van der Waals surface area contributed by atoms with E-state index in [1.54, 1.807) is 4.68 Å². The van der Waals surface area contributed by atoms with Gasteiger partial charge in [0.2, 0.25) is 5.95 Å². The maximum Gasteiger partial charge on any atom is 0.260 e. The number of halogens is 1. The van der Waals surface area contributed by atoms with E-state index in [1.807, 2.05) is 62.1 Å². The van der Waals surface area contributed by atoms with Gasteiger partial charge in [0, 0.05) is 24.5 Å². The summed E-state index contributed by atoms with van der Waals surface area (Å²) in [5.74, 6) is 1.13. The first kappa shape index (κ1) is 27.7.